The summed E-state index contributed by atoms with van der Waals surface area (Å²) in [5, 5.41) is 5.92. The Hall–Kier alpha value is -4.69. The number of halogens is 1. The van der Waals surface area contributed by atoms with Gasteiger partial charge in [0.15, 0.2) is 0 Å². The van der Waals surface area contributed by atoms with Crippen molar-refractivity contribution in [2.45, 2.75) is 18.7 Å². The Bertz CT molecular complexity index is 1580. The molecule has 0 atom stereocenters. The van der Waals surface area contributed by atoms with E-state index in [1.54, 1.807) is 36.4 Å². The van der Waals surface area contributed by atoms with E-state index in [0.717, 1.165) is 11.1 Å². The maximum Gasteiger partial charge on any atom is 0.283 e. The third-order valence-corrected chi connectivity index (χ3v) is 7.18. The molecular formula is C31H24FN3O3S. The normalized spacial score (nSPS) is 13.2. The molecular weight excluding hydrogens is 513 g/mol. The van der Waals surface area contributed by atoms with Crippen LogP contribution in [-0.4, -0.2) is 17.7 Å². The van der Waals surface area contributed by atoms with Gasteiger partial charge in [0.2, 0.25) is 0 Å². The zero-order valence-electron chi connectivity index (χ0n) is 21.2. The summed E-state index contributed by atoms with van der Waals surface area (Å²) < 4.78 is 13.2. The number of anilines is 3. The van der Waals surface area contributed by atoms with E-state index >= 15 is 0 Å². The van der Waals surface area contributed by atoms with Gasteiger partial charge in [-0.05, 0) is 86.6 Å². The maximum absolute atomic E-state index is 13.6. The van der Waals surface area contributed by atoms with Gasteiger partial charge in [0.05, 0.1) is 5.69 Å². The molecule has 0 saturated carbocycles. The highest BCUT2D eigenvalue weighted by Crippen LogP contribution is 2.38. The number of nitrogens with zero attached hydrogens (tertiary/aromatic N) is 1. The molecule has 0 unspecified atom stereocenters. The number of nitrogens with one attached hydrogen (secondary N) is 2. The molecule has 0 saturated heterocycles. The van der Waals surface area contributed by atoms with Gasteiger partial charge in [-0.25, -0.2) is 9.29 Å². The van der Waals surface area contributed by atoms with Crippen LogP contribution in [0.25, 0.3) is 0 Å². The van der Waals surface area contributed by atoms with Gasteiger partial charge in [-0.3, -0.25) is 14.4 Å². The fourth-order valence-corrected chi connectivity index (χ4v) is 4.88. The van der Waals surface area contributed by atoms with Crippen molar-refractivity contribution in [2.24, 2.45) is 0 Å². The van der Waals surface area contributed by atoms with Crippen LogP contribution in [0.3, 0.4) is 0 Å². The van der Waals surface area contributed by atoms with Crippen molar-refractivity contribution in [3.63, 3.8) is 0 Å². The van der Waals surface area contributed by atoms with Crippen molar-refractivity contribution in [3.05, 3.63) is 130 Å². The van der Waals surface area contributed by atoms with Gasteiger partial charge in [-0.15, -0.1) is 0 Å². The third-order valence-electron chi connectivity index (χ3n) is 6.09. The summed E-state index contributed by atoms with van der Waals surface area (Å²) in [6, 6.07) is 27.0. The predicted molar refractivity (Wildman–Crippen MR) is 152 cm³/mol. The molecule has 3 amide bonds. The van der Waals surface area contributed by atoms with Gasteiger partial charge in [0.1, 0.15) is 16.4 Å². The first-order chi connectivity index (χ1) is 18.8. The molecule has 1 aliphatic rings. The molecule has 194 valence electrons. The first-order valence-electron chi connectivity index (χ1n) is 12.2. The van der Waals surface area contributed by atoms with Crippen LogP contribution in [0.1, 0.15) is 21.5 Å². The maximum atomic E-state index is 13.6. The van der Waals surface area contributed by atoms with Crippen molar-refractivity contribution in [3.8, 4) is 0 Å². The number of carbonyl (C=O) groups excluding carboxylic acids is 3. The Labute approximate surface area is 229 Å². The molecule has 6 nitrogen and oxygen atoms in total. The molecule has 0 aromatic heterocycles. The molecule has 1 heterocycles. The topological polar surface area (TPSA) is 78.5 Å². The number of amides is 3. The lowest BCUT2D eigenvalue weighted by Crippen LogP contribution is -2.32. The van der Waals surface area contributed by atoms with Gasteiger partial charge < -0.3 is 10.6 Å². The van der Waals surface area contributed by atoms with E-state index in [0.29, 0.717) is 27.5 Å². The molecule has 2 N–H and O–H groups in total. The molecule has 0 radical (unpaired) electrons. The standard InChI is InChI=1S/C31H24FN3O3S/c1-19-3-11-23(12-4-19)33-27-28(31(38)35(30(27)37)25-15-5-20(2)6-16-25)39-26-17-13-24(14-18-26)34-29(36)21-7-9-22(32)10-8-21/h3-18,33H,1-2H3,(H,34,36). The minimum Gasteiger partial charge on any atom is -0.350 e. The highest BCUT2D eigenvalue weighted by molar-refractivity contribution is 8.04. The fourth-order valence-electron chi connectivity index (χ4n) is 3.95. The van der Waals surface area contributed by atoms with E-state index in [2.05, 4.69) is 10.6 Å². The minimum atomic E-state index is -0.435. The minimum absolute atomic E-state index is 0.197. The quantitative estimate of drug-likeness (QED) is 0.257. The van der Waals surface area contributed by atoms with Crippen LogP contribution in [0.15, 0.2) is 113 Å². The van der Waals surface area contributed by atoms with Crippen LogP contribution in [-0.2, 0) is 9.59 Å². The molecule has 1 aliphatic heterocycles. The Balaban J connectivity index is 1.40. The van der Waals surface area contributed by atoms with Gasteiger partial charge in [-0.1, -0.05) is 47.2 Å². The predicted octanol–water partition coefficient (Wildman–Crippen LogP) is 6.68. The lowest BCUT2D eigenvalue weighted by Gasteiger charge is -2.15. The van der Waals surface area contributed by atoms with Crippen LogP contribution >= 0.6 is 11.8 Å². The third kappa shape index (κ3) is 5.76. The summed E-state index contributed by atoms with van der Waals surface area (Å²) >= 11 is 1.17. The second kappa shape index (κ2) is 11.0. The summed E-state index contributed by atoms with van der Waals surface area (Å²) in [5.74, 6) is -1.64. The average molecular weight is 538 g/mol. The second-order valence-corrected chi connectivity index (χ2v) is 10.1. The van der Waals surface area contributed by atoms with Crippen LogP contribution < -0.4 is 15.5 Å². The van der Waals surface area contributed by atoms with Crippen molar-refractivity contribution >= 4 is 46.5 Å². The Morgan fingerprint density at radius 2 is 1.28 bits per heavy atom. The summed E-state index contributed by atoms with van der Waals surface area (Å²) in [6.07, 6.45) is 0. The van der Waals surface area contributed by atoms with Crippen molar-refractivity contribution in [2.75, 3.05) is 15.5 Å². The van der Waals surface area contributed by atoms with Crippen LogP contribution in [0.4, 0.5) is 21.5 Å². The molecule has 4 aromatic rings. The van der Waals surface area contributed by atoms with E-state index in [4.69, 9.17) is 0 Å². The molecule has 8 heteroatoms. The monoisotopic (exact) mass is 537 g/mol. The van der Waals surface area contributed by atoms with Crippen LogP contribution in [0, 0.1) is 19.7 Å². The number of hydrogen-bond donors (Lipinski definition) is 2. The number of aryl methyl sites for hydroxylation is 2. The summed E-state index contributed by atoms with van der Waals surface area (Å²) in [5.41, 5.74) is 4.35. The van der Waals surface area contributed by atoms with Crippen LogP contribution in [0.5, 0.6) is 0 Å². The SMILES string of the molecule is Cc1ccc(NC2=C(Sc3ccc(NC(=O)c4ccc(F)cc4)cc3)C(=O)N(c3ccc(C)cc3)C2=O)cc1. The lowest BCUT2D eigenvalue weighted by molar-refractivity contribution is -0.120. The zero-order valence-corrected chi connectivity index (χ0v) is 22.0. The second-order valence-electron chi connectivity index (χ2n) is 9.06. The zero-order chi connectivity index (χ0) is 27.5. The number of benzene rings is 4. The van der Waals surface area contributed by atoms with Crippen LogP contribution in [0.2, 0.25) is 0 Å². The number of thioether (sulfide) groups is 1. The van der Waals surface area contributed by atoms with Gasteiger partial charge in [-0.2, -0.15) is 0 Å². The van der Waals surface area contributed by atoms with Crippen molar-refractivity contribution < 1.29 is 18.8 Å². The average Bonchev–Trinajstić information content (AvgIpc) is 3.15. The number of hydrogen-bond acceptors (Lipinski definition) is 5. The number of imide groups is 1. The molecule has 5 rings (SSSR count). The first kappa shape index (κ1) is 25.9. The summed E-state index contributed by atoms with van der Waals surface area (Å²) in [4.78, 5) is 41.7. The summed E-state index contributed by atoms with van der Waals surface area (Å²) in [7, 11) is 0. The molecule has 0 bridgehead atoms. The van der Waals surface area contributed by atoms with Gasteiger partial charge >= 0.3 is 0 Å². The highest BCUT2D eigenvalue weighted by atomic mass is 32.2. The summed E-state index contributed by atoms with van der Waals surface area (Å²) in [6.45, 7) is 3.91. The Morgan fingerprint density at radius 1 is 0.718 bits per heavy atom. The first-order valence-corrected chi connectivity index (χ1v) is 13.0. The molecule has 0 aliphatic carbocycles. The van der Waals surface area contributed by atoms with E-state index in [9.17, 15) is 18.8 Å². The lowest BCUT2D eigenvalue weighted by atomic mass is 10.2. The Kier molecular flexibility index (Phi) is 7.29. The van der Waals surface area contributed by atoms with E-state index in [1.165, 1.54) is 40.9 Å². The largest absolute Gasteiger partial charge is 0.350 e. The molecule has 0 fully saturated rings. The van der Waals surface area contributed by atoms with Gasteiger partial charge in [0.25, 0.3) is 17.7 Å². The molecule has 4 aromatic carbocycles. The van der Waals surface area contributed by atoms with E-state index in [1.807, 2.05) is 50.2 Å². The number of rotatable bonds is 7. The highest BCUT2D eigenvalue weighted by Gasteiger charge is 2.40. The van der Waals surface area contributed by atoms with Gasteiger partial charge in [0, 0.05) is 21.8 Å². The smallest absolute Gasteiger partial charge is 0.283 e. The van der Waals surface area contributed by atoms with Crippen molar-refractivity contribution in [1.82, 2.24) is 0 Å². The van der Waals surface area contributed by atoms with E-state index < -0.39 is 17.6 Å². The molecule has 39 heavy (non-hydrogen) atoms. The van der Waals surface area contributed by atoms with Crippen molar-refractivity contribution in [1.29, 1.82) is 0 Å². The molecule has 0 spiro atoms. The number of carbonyl (C=O) groups is 3. The fraction of sp³-hybridized carbons (Fsp3) is 0.0645. The van der Waals surface area contributed by atoms with E-state index in [-0.39, 0.29) is 16.5 Å². The Morgan fingerprint density at radius 3 is 1.90 bits per heavy atom.